The zero-order valence-electron chi connectivity index (χ0n) is 9.08. The Morgan fingerprint density at radius 2 is 2.13 bits per heavy atom. The summed E-state index contributed by atoms with van der Waals surface area (Å²) in [5.41, 5.74) is 0. The third kappa shape index (κ3) is 6.87. The van der Waals surface area contributed by atoms with Crippen molar-refractivity contribution in [3.8, 4) is 0 Å². The summed E-state index contributed by atoms with van der Waals surface area (Å²) in [7, 11) is 1.18. The predicted octanol–water partition coefficient (Wildman–Crippen LogP) is -1.36. The molecule has 1 amide bonds. The number of ether oxygens (including phenoxy) is 1. The maximum absolute atomic E-state index is 11.1. The molecular formula is C9H18N2O4. The first-order valence-electron chi connectivity index (χ1n) is 4.85. The molecule has 6 nitrogen and oxygen atoms in total. The molecule has 0 fully saturated rings. The van der Waals surface area contributed by atoms with Crippen molar-refractivity contribution in [2.24, 2.45) is 0 Å². The van der Waals surface area contributed by atoms with Crippen LogP contribution in [-0.2, 0) is 14.3 Å². The molecule has 0 aliphatic carbocycles. The fourth-order valence-corrected chi connectivity index (χ4v) is 0.871. The van der Waals surface area contributed by atoms with Crippen LogP contribution in [0.4, 0.5) is 0 Å². The van der Waals surface area contributed by atoms with E-state index in [-0.39, 0.29) is 19.0 Å². The van der Waals surface area contributed by atoms with Gasteiger partial charge in [0, 0.05) is 0 Å². The summed E-state index contributed by atoms with van der Waals surface area (Å²) in [6, 6.07) is 0. The van der Waals surface area contributed by atoms with E-state index >= 15 is 0 Å². The summed E-state index contributed by atoms with van der Waals surface area (Å²) in [6.45, 7) is 2.81. The average Bonchev–Trinajstić information content (AvgIpc) is 2.25. The van der Waals surface area contributed by atoms with Gasteiger partial charge in [-0.2, -0.15) is 0 Å². The lowest BCUT2D eigenvalue weighted by Gasteiger charge is -2.09. The van der Waals surface area contributed by atoms with Gasteiger partial charge in [-0.05, 0) is 13.0 Å². The summed E-state index contributed by atoms with van der Waals surface area (Å²) in [4.78, 5) is 21.8. The van der Waals surface area contributed by atoms with E-state index in [4.69, 9.17) is 5.11 Å². The molecule has 15 heavy (non-hydrogen) atoms. The Hall–Kier alpha value is -1.14. The van der Waals surface area contributed by atoms with Crippen molar-refractivity contribution in [1.29, 1.82) is 0 Å². The molecule has 0 saturated carbocycles. The van der Waals surface area contributed by atoms with E-state index < -0.39 is 12.1 Å². The van der Waals surface area contributed by atoms with E-state index in [1.165, 1.54) is 7.11 Å². The molecule has 0 aromatic rings. The van der Waals surface area contributed by atoms with Crippen LogP contribution in [0.2, 0.25) is 0 Å². The molecule has 0 aliphatic heterocycles. The van der Waals surface area contributed by atoms with Gasteiger partial charge >= 0.3 is 5.97 Å². The molecule has 0 aromatic heterocycles. The van der Waals surface area contributed by atoms with Crippen LogP contribution in [0.3, 0.4) is 0 Å². The number of aliphatic hydroxyl groups excluding tert-OH is 1. The van der Waals surface area contributed by atoms with Crippen LogP contribution in [0.5, 0.6) is 0 Å². The Bertz CT molecular complexity index is 208. The second-order valence-electron chi connectivity index (χ2n) is 3.02. The summed E-state index contributed by atoms with van der Waals surface area (Å²) in [5.74, 6) is -1.01. The second kappa shape index (κ2) is 8.19. The standard InChI is InChI=1S/C9H18N2O4/c1-3-4-10-6-8(13)11-5-7(12)9(14)15-2/h7,10,12H,3-6H2,1-2H3,(H,11,13). The summed E-state index contributed by atoms with van der Waals surface area (Å²) in [5, 5.41) is 14.4. The number of rotatable bonds is 7. The quantitative estimate of drug-likeness (QED) is 0.363. The minimum Gasteiger partial charge on any atom is -0.467 e. The topological polar surface area (TPSA) is 87.7 Å². The Morgan fingerprint density at radius 3 is 2.67 bits per heavy atom. The lowest BCUT2D eigenvalue weighted by Crippen LogP contribution is -2.41. The van der Waals surface area contributed by atoms with Crippen LogP contribution in [0.15, 0.2) is 0 Å². The predicted molar refractivity (Wildman–Crippen MR) is 54.2 cm³/mol. The largest absolute Gasteiger partial charge is 0.467 e. The lowest BCUT2D eigenvalue weighted by atomic mass is 10.3. The van der Waals surface area contributed by atoms with E-state index in [1.54, 1.807) is 0 Å². The zero-order chi connectivity index (χ0) is 11.7. The average molecular weight is 218 g/mol. The molecule has 0 heterocycles. The third-order valence-corrected chi connectivity index (χ3v) is 1.68. The molecule has 0 aliphatic rings. The smallest absolute Gasteiger partial charge is 0.336 e. The molecule has 0 saturated heterocycles. The minimum atomic E-state index is -1.30. The SMILES string of the molecule is CCCNCC(=O)NCC(O)C(=O)OC. The first kappa shape index (κ1) is 13.9. The van der Waals surface area contributed by atoms with E-state index in [2.05, 4.69) is 15.4 Å². The Balaban J connectivity index is 3.57. The van der Waals surface area contributed by atoms with Crippen molar-refractivity contribution in [1.82, 2.24) is 10.6 Å². The highest BCUT2D eigenvalue weighted by atomic mass is 16.5. The fourth-order valence-electron chi connectivity index (χ4n) is 0.871. The minimum absolute atomic E-state index is 0.126. The van der Waals surface area contributed by atoms with E-state index in [0.717, 1.165) is 13.0 Å². The van der Waals surface area contributed by atoms with Crippen molar-refractivity contribution >= 4 is 11.9 Å². The second-order valence-corrected chi connectivity index (χ2v) is 3.02. The van der Waals surface area contributed by atoms with Gasteiger partial charge in [-0.1, -0.05) is 6.92 Å². The molecule has 0 bridgehead atoms. The van der Waals surface area contributed by atoms with Crippen LogP contribution < -0.4 is 10.6 Å². The highest BCUT2D eigenvalue weighted by Gasteiger charge is 2.15. The van der Waals surface area contributed by atoms with Gasteiger partial charge in [0.1, 0.15) is 0 Å². The summed E-state index contributed by atoms with van der Waals surface area (Å²) >= 11 is 0. The van der Waals surface area contributed by atoms with Crippen molar-refractivity contribution < 1.29 is 19.4 Å². The first-order valence-corrected chi connectivity index (χ1v) is 4.85. The van der Waals surface area contributed by atoms with Gasteiger partial charge in [0.05, 0.1) is 20.2 Å². The maximum Gasteiger partial charge on any atom is 0.336 e. The van der Waals surface area contributed by atoms with Crippen molar-refractivity contribution in [2.45, 2.75) is 19.4 Å². The molecule has 0 rings (SSSR count). The molecule has 1 unspecified atom stereocenters. The number of hydrogen-bond donors (Lipinski definition) is 3. The van der Waals surface area contributed by atoms with Crippen LogP contribution in [0.1, 0.15) is 13.3 Å². The Labute approximate surface area is 89.0 Å². The van der Waals surface area contributed by atoms with E-state index in [1.807, 2.05) is 6.92 Å². The molecule has 0 spiro atoms. The third-order valence-electron chi connectivity index (χ3n) is 1.68. The van der Waals surface area contributed by atoms with E-state index in [0.29, 0.717) is 0 Å². The highest BCUT2D eigenvalue weighted by molar-refractivity contribution is 5.80. The number of carbonyl (C=O) groups is 2. The monoisotopic (exact) mass is 218 g/mol. The lowest BCUT2D eigenvalue weighted by molar-refractivity contribution is -0.150. The maximum atomic E-state index is 11.1. The number of amides is 1. The van der Waals surface area contributed by atoms with Crippen molar-refractivity contribution in [2.75, 3.05) is 26.7 Å². The number of carbonyl (C=O) groups excluding carboxylic acids is 2. The van der Waals surface area contributed by atoms with Crippen molar-refractivity contribution in [3.63, 3.8) is 0 Å². The number of nitrogens with one attached hydrogen (secondary N) is 2. The van der Waals surface area contributed by atoms with Gasteiger partial charge < -0.3 is 20.5 Å². The van der Waals surface area contributed by atoms with Crippen LogP contribution in [-0.4, -0.2) is 49.8 Å². The molecule has 0 aromatic carbocycles. The van der Waals surface area contributed by atoms with Gasteiger partial charge in [-0.15, -0.1) is 0 Å². The van der Waals surface area contributed by atoms with Gasteiger partial charge in [0.2, 0.25) is 5.91 Å². The zero-order valence-corrected chi connectivity index (χ0v) is 9.08. The molecule has 3 N–H and O–H groups in total. The number of methoxy groups -OCH3 is 1. The van der Waals surface area contributed by atoms with Crippen LogP contribution >= 0.6 is 0 Å². The summed E-state index contributed by atoms with van der Waals surface area (Å²) < 4.78 is 4.29. The van der Waals surface area contributed by atoms with Crippen molar-refractivity contribution in [3.05, 3.63) is 0 Å². The number of hydrogen-bond acceptors (Lipinski definition) is 5. The number of esters is 1. The van der Waals surface area contributed by atoms with Gasteiger partial charge in [-0.25, -0.2) is 4.79 Å². The summed E-state index contributed by atoms with van der Waals surface area (Å²) in [6.07, 6.45) is -0.358. The van der Waals surface area contributed by atoms with Gasteiger partial charge in [-0.3, -0.25) is 4.79 Å². The Kier molecular flexibility index (Phi) is 7.57. The fraction of sp³-hybridized carbons (Fsp3) is 0.778. The van der Waals surface area contributed by atoms with Crippen LogP contribution in [0, 0.1) is 0 Å². The molecular weight excluding hydrogens is 200 g/mol. The normalized spacial score (nSPS) is 11.9. The molecule has 1 atom stereocenters. The first-order chi connectivity index (χ1) is 7.11. The Morgan fingerprint density at radius 1 is 1.47 bits per heavy atom. The number of aliphatic hydroxyl groups is 1. The van der Waals surface area contributed by atoms with Crippen LogP contribution in [0.25, 0.3) is 0 Å². The van der Waals surface area contributed by atoms with E-state index in [9.17, 15) is 9.59 Å². The van der Waals surface area contributed by atoms with Gasteiger partial charge in [0.15, 0.2) is 6.10 Å². The molecule has 88 valence electrons. The van der Waals surface area contributed by atoms with Gasteiger partial charge in [0.25, 0.3) is 0 Å². The molecule has 0 radical (unpaired) electrons. The molecule has 6 heteroatoms. The highest BCUT2D eigenvalue weighted by Crippen LogP contribution is 1.84.